The van der Waals surface area contributed by atoms with Gasteiger partial charge in [-0.3, -0.25) is 4.99 Å². The van der Waals surface area contributed by atoms with E-state index in [0.29, 0.717) is 6.04 Å². The van der Waals surface area contributed by atoms with E-state index in [9.17, 15) is 0 Å². The summed E-state index contributed by atoms with van der Waals surface area (Å²) < 4.78 is 0. The van der Waals surface area contributed by atoms with E-state index in [0.717, 1.165) is 32.1 Å². The molecule has 0 heterocycles. The molecule has 0 atom stereocenters. The monoisotopic (exact) mass is 254 g/mol. The highest BCUT2D eigenvalue weighted by atomic mass is 15.2. The van der Waals surface area contributed by atoms with Crippen LogP contribution in [0.4, 0.5) is 0 Å². The number of guanidine groups is 1. The van der Waals surface area contributed by atoms with Crippen LogP contribution in [0, 0.1) is 0 Å². The molecule has 1 aliphatic rings. The van der Waals surface area contributed by atoms with Crippen molar-refractivity contribution in [3.05, 3.63) is 0 Å². The van der Waals surface area contributed by atoms with Gasteiger partial charge in [0.15, 0.2) is 5.96 Å². The summed E-state index contributed by atoms with van der Waals surface area (Å²) in [6.07, 6.45) is 6.69. The Hall–Kier alpha value is -0.770. The van der Waals surface area contributed by atoms with Gasteiger partial charge in [0, 0.05) is 19.1 Å². The van der Waals surface area contributed by atoms with Gasteiger partial charge in [-0.2, -0.15) is 0 Å². The molecule has 2 N–H and O–H groups in total. The molecule has 0 aliphatic heterocycles. The molecule has 106 valence electrons. The largest absolute Gasteiger partial charge is 0.357 e. The van der Waals surface area contributed by atoms with Crippen molar-refractivity contribution in [3.8, 4) is 0 Å². The van der Waals surface area contributed by atoms with Crippen LogP contribution in [0.3, 0.4) is 0 Å². The van der Waals surface area contributed by atoms with Crippen LogP contribution in [0.1, 0.15) is 46.0 Å². The van der Waals surface area contributed by atoms with Gasteiger partial charge in [-0.05, 0) is 33.4 Å². The highest BCUT2D eigenvalue weighted by Gasteiger charge is 2.14. The van der Waals surface area contributed by atoms with E-state index >= 15 is 0 Å². The summed E-state index contributed by atoms with van der Waals surface area (Å²) in [4.78, 5) is 6.93. The second-order valence-electron chi connectivity index (χ2n) is 5.14. The fourth-order valence-electron chi connectivity index (χ4n) is 2.25. The van der Waals surface area contributed by atoms with E-state index in [1.165, 1.54) is 32.1 Å². The highest BCUT2D eigenvalue weighted by molar-refractivity contribution is 5.80. The maximum Gasteiger partial charge on any atom is 0.191 e. The first-order valence-corrected chi connectivity index (χ1v) is 7.49. The minimum atomic E-state index is 0.625. The van der Waals surface area contributed by atoms with Gasteiger partial charge >= 0.3 is 0 Å². The Labute approximate surface area is 112 Å². The van der Waals surface area contributed by atoms with Crippen LogP contribution >= 0.6 is 0 Å². The zero-order chi connectivity index (χ0) is 13.2. The van der Waals surface area contributed by atoms with Gasteiger partial charge in [0.2, 0.25) is 0 Å². The van der Waals surface area contributed by atoms with E-state index in [1.54, 1.807) is 0 Å². The summed E-state index contributed by atoms with van der Waals surface area (Å²) in [5, 5.41) is 6.91. The van der Waals surface area contributed by atoms with Crippen molar-refractivity contribution in [3.63, 3.8) is 0 Å². The van der Waals surface area contributed by atoms with E-state index in [1.807, 2.05) is 0 Å². The normalized spacial score (nSPS) is 18.1. The van der Waals surface area contributed by atoms with E-state index in [4.69, 9.17) is 0 Å². The predicted molar refractivity (Wildman–Crippen MR) is 79.2 cm³/mol. The van der Waals surface area contributed by atoms with Crippen molar-refractivity contribution >= 4 is 5.96 Å². The Morgan fingerprint density at radius 3 is 2.56 bits per heavy atom. The fourth-order valence-corrected chi connectivity index (χ4v) is 2.25. The molecule has 1 rings (SSSR count). The summed E-state index contributed by atoms with van der Waals surface area (Å²) in [7, 11) is 2.14. The Morgan fingerprint density at radius 1 is 1.22 bits per heavy atom. The maximum atomic E-state index is 4.65. The number of hydrogen-bond donors (Lipinski definition) is 2. The van der Waals surface area contributed by atoms with Crippen molar-refractivity contribution in [1.29, 1.82) is 0 Å². The fraction of sp³-hybridized carbons (Fsp3) is 0.929. The molecule has 4 heteroatoms. The predicted octanol–water partition coefficient (Wildman–Crippen LogP) is 1.83. The maximum absolute atomic E-state index is 4.65. The molecule has 0 spiro atoms. The van der Waals surface area contributed by atoms with Crippen LogP contribution in [0.15, 0.2) is 4.99 Å². The average molecular weight is 254 g/mol. The number of likely N-dealkylation sites (N-methyl/N-ethyl adjacent to an activating group) is 1. The first-order chi connectivity index (χ1) is 8.76. The van der Waals surface area contributed by atoms with Crippen LogP contribution in [-0.4, -0.2) is 50.1 Å². The summed E-state index contributed by atoms with van der Waals surface area (Å²) in [5.41, 5.74) is 0. The summed E-state index contributed by atoms with van der Waals surface area (Å²) in [5.74, 6) is 0.994. The molecule has 0 aromatic heterocycles. The van der Waals surface area contributed by atoms with E-state index < -0.39 is 0 Å². The number of rotatable bonds is 6. The Bertz CT molecular complexity index is 234. The molecule has 0 radical (unpaired) electrons. The van der Waals surface area contributed by atoms with Gasteiger partial charge in [-0.25, -0.2) is 0 Å². The van der Waals surface area contributed by atoms with Gasteiger partial charge in [0.1, 0.15) is 0 Å². The first-order valence-electron chi connectivity index (χ1n) is 7.49. The molecule has 0 bridgehead atoms. The van der Waals surface area contributed by atoms with Crippen molar-refractivity contribution in [1.82, 2.24) is 15.5 Å². The lowest BCUT2D eigenvalue weighted by molar-refractivity contribution is 0.362. The minimum absolute atomic E-state index is 0.625. The summed E-state index contributed by atoms with van der Waals surface area (Å²) in [6.45, 7) is 8.21. The SMILES string of the molecule is CCNC(=NCCN(C)CC)NC1CCCCC1. The number of aliphatic imine (C=N–C) groups is 1. The van der Waals surface area contributed by atoms with Crippen molar-refractivity contribution < 1.29 is 0 Å². The smallest absolute Gasteiger partial charge is 0.191 e. The lowest BCUT2D eigenvalue weighted by Gasteiger charge is -2.25. The molecule has 1 saturated carbocycles. The summed E-state index contributed by atoms with van der Waals surface area (Å²) in [6, 6.07) is 0.625. The molecule has 0 aromatic carbocycles. The van der Waals surface area contributed by atoms with E-state index in [2.05, 4.69) is 41.4 Å². The van der Waals surface area contributed by atoms with Crippen LogP contribution in [0.5, 0.6) is 0 Å². The van der Waals surface area contributed by atoms with Crippen molar-refractivity contribution in [2.24, 2.45) is 4.99 Å². The third-order valence-corrected chi connectivity index (χ3v) is 3.58. The quantitative estimate of drug-likeness (QED) is 0.561. The topological polar surface area (TPSA) is 39.7 Å². The number of nitrogens with zero attached hydrogens (tertiary/aromatic N) is 2. The third-order valence-electron chi connectivity index (χ3n) is 3.58. The van der Waals surface area contributed by atoms with Gasteiger partial charge in [-0.15, -0.1) is 0 Å². The van der Waals surface area contributed by atoms with Gasteiger partial charge < -0.3 is 15.5 Å². The standard InChI is InChI=1S/C14H30N4/c1-4-15-14(16-11-12-18(3)5-2)17-13-9-7-6-8-10-13/h13H,4-12H2,1-3H3,(H2,15,16,17). The highest BCUT2D eigenvalue weighted by Crippen LogP contribution is 2.17. The Morgan fingerprint density at radius 2 is 1.94 bits per heavy atom. The van der Waals surface area contributed by atoms with Crippen molar-refractivity contribution in [2.75, 3.05) is 33.2 Å². The summed E-state index contributed by atoms with van der Waals surface area (Å²) >= 11 is 0. The van der Waals surface area contributed by atoms with Crippen LogP contribution in [-0.2, 0) is 0 Å². The van der Waals surface area contributed by atoms with Gasteiger partial charge in [0.25, 0.3) is 0 Å². The molecular weight excluding hydrogens is 224 g/mol. The second kappa shape index (κ2) is 9.20. The molecule has 18 heavy (non-hydrogen) atoms. The molecule has 0 amide bonds. The van der Waals surface area contributed by atoms with Crippen LogP contribution in [0.2, 0.25) is 0 Å². The number of nitrogens with one attached hydrogen (secondary N) is 2. The van der Waals surface area contributed by atoms with Gasteiger partial charge in [-0.1, -0.05) is 26.2 Å². The molecule has 4 nitrogen and oxygen atoms in total. The average Bonchev–Trinajstić information content (AvgIpc) is 2.40. The lowest BCUT2D eigenvalue weighted by Crippen LogP contribution is -2.44. The van der Waals surface area contributed by atoms with Crippen molar-refractivity contribution in [2.45, 2.75) is 52.0 Å². The number of hydrogen-bond acceptors (Lipinski definition) is 2. The van der Waals surface area contributed by atoms with E-state index in [-0.39, 0.29) is 0 Å². The molecule has 0 aromatic rings. The zero-order valence-electron chi connectivity index (χ0n) is 12.3. The minimum Gasteiger partial charge on any atom is -0.357 e. The van der Waals surface area contributed by atoms with Crippen LogP contribution < -0.4 is 10.6 Å². The Balaban J connectivity index is 2.34. The zero-order valence-corrected chi connectivity index (χ0v) is 12.3. The third kappa shape index (κ3) is 6.24. The Kier molecular flexibility index (Phi) is 7.81. The first kappa shape index (κ1) is 15.3. The van der Waals surface area contributed by atoms with Crippen LogP contribution in [0.25, 0.3) is 0 Å². The molecule has 0 saturated heterocycles. The van der Waals surface area contributed by atoms with Gasteiger partial charge in [0.05, 0.1) is 6.54 Å². The lowest BCUT2D eigenvalue weighted by atomic mass is 9.96. The molecular formula is C14H30N4. The molecule has 0 unspecified atom stereocenters. The molecule has 1 aliphatic carbocycles. The molecule has 1 fully saturated rings. The second-order valence-corrected chi connectivity index (χ2v) is 5.14.